The van der Waals surface area contributed by atoms with Gasteiger partial charge in [0.05, 0.1) is 13.2 Å². The number of nitrogens with one attached hydrogen (secondary N) is 2. The molecule has 128 valence electrons. The minimum atomic E-state index is -0.195. The third-order valence-electron chi connectivity index (χ3n) is 4.88. The fraction of sp³-hybridized carbons (Fsp3) is 0.667. The van der Waals surface area contributed by atoms with Gasteiger partial charge in [-0.3, -0.25) is 5.43 Å². The summed E-state index contributed by atoms with van der Waals surface area (Å²) in [4.78, 5) is 2.56. The van der Waals surface area contributed by atoms with E-state index in [-0.39, 0.29) is 11.9 Å². The van der Waals surface area contributed by atoms with Crippen LogP contribution in [0.1, 0.15) is 37.8 Å². The number of nitrogens with zero attached hydrogens (tertiary/aromatic N) is 1. The monoisotopic (exact) mass is 321 g/mol. The Bertz CT molecular complexity index is 521. The first kappa shape index (κ1) is 16.7. The summed E-state index contributed by atoms with van der Waals surface area (Å²) in [6.07, 6.45) is 3.91. The summed E-state index contributed by atoms with van der Waals surface area (Å²) >= 11 is 0. The van der Waals surface area contributed by atoms with Gasteiger partial charge in [0.2, 0.25) is 0 Å². The second kappa shape index (κ2) is 7.60. The van der Waals surface area contributed by atoms with E-state index in [0.717, 1.165) is 31.1 Å². The number of hydrogen-bond donors (Lipinski definition) is 2. The van der Waals surface area contributed by atoms with Gasteiger partial charge in [0.25, 0.3) is 0 Å². The molecule has 0 radical (unpaired) electrons. The number of hydrogen-bond acceptors (Lipinski definition) is 4. The van der Waals surface area contributed by atoms with Crippen molar-refractivity contribution in [1.29, 1.82) is 0 Å². The van der Waals surface area contributed by atoms with Crippen molar-refractivity contribution in [3.8, 4) is 5.75 Å². The van der Waals surface area contributed by atoms with Crippen LogP contribution < -0.4 is 15.6 Å². The molecule has 2 N–H and O–H groups in total. The number of methoxy groups -OCH3 is 1. The van der Waals surface area contributed by atoms with Gasteiger partial charge in [0.1, 0.15) is 11.6 Å². The van der Waals surface area contributed by atoms with E-state index in [1.54, 1.807) is 7.11 Å². The predicted molar refractivity (Wildman–Crippen MR) is 89.8 cm³/mol. The fourth-order valence-electron chi connectivity index (χ4n) is 3.49. The number of rotatable bonds is 8. The van der Waals surface area contributed by atoms with Gasteiger partial charge in [0, 0.05) is 37.2 Å². The Morgan fingerprint density at radius 2 is 2.13 bits per heavy atom. The Kier molecular flexibility index (Phi) is 5.51. The van der Waals surface area contributed by atoms with Gasteiger partial charge in [0.15, 0.2) is 0 Å². The maximum Gasteiger partial charge on any atom is 0.131 e. The highest BCUT2D eigenvalue weighted by molar-refractivity contribution is 5.31. The minimum absolute atomic E-state index is 0.0134. The largest absolute Gasteiger partial charge is 0.497 e. The molecule has 0 amide bonds. The predicted octanol–water partition coefficient (Wildman–Crippen LogP) is 2.72. The first-order valence-corrected chi connectivity index (χ1v) is 8.75. The summed E-state index contributed by atoms with van der Waals surface area (Å²) in [5.41, 5.74) is 7.20. The Morgan fingerprint density at radius 3 is 2.78 bits per heavy atom. The van der Waals surface area contributed by atoms with Crippen LogP contribution in [-0.2, 0) is 0 Å². The topological polar surface area (TPSA) is 36.5 Å². The molecule has 2 unspecified atom stereocenters. The van der Waals surface area contributed by atoms with Crippen LogP contribution in [-0.4, -0.2) is 38.2 Å². The molecule has 1 aromatic carbocycles. The molecular formula is C18H28FN3O. The summed E-state index contributed by atoms with van der Waals surface area (Å²) in [5, 5.41) is 0. The lowest BCUT2D eigenvalue weighted by Gasteiger charge is -2.28. The van der Waals surface area contributed by atoms with Crippen molar-refractivity contribution in [2.75, 3.05) is 33.3 Å². The van der Waals surface area contributed by atoms with E-state index >= 15 is 0 Å². The number of halogens is 1. The third kappa shape index (κ3) is 4.22. The quantitative estimate of drug-likeness (QED) is 0.772. The lowest BCUT2D eigenvalue weighted by atomic mass is 9.93. The number of ether oxygens (including phenoxy) is 1. The molecule has 1 heterocycles. The zero-order valence-electron chi connectivity index (χ0n) is 14.1. The fourth-order valence-corrected chi connectivity index (χ4v) is 3.49. The Hall–Kier alpha value is -1.17. The molecule has 3 rings (SSSR count). The van der Waals surface area contributed by atoms with Crippen molar-refractivity contribution in [2.45, 2.75) is 32.2 Å². The van der Waals surface area contributed by atoms with Crippen molar-refractivity contribution in [3.63, 3.8) is 0 Å². The Labute approximate surface area is 138 Å². The highest BCUT2D eigenvalue weighted by Crippen LogP contribution is 2.32. The Balaban J connectivity index is 1.68. The molecule has 2 fully saturated rings. The highest BCUT2D eigenvalue weighted by Gasteiger charge is 2.33. The molecule has 2 atom stereocenters. The normalized spacial score (nSPS) is 24.3. The SMILES string of the molecule is CCCN(CC1CC1)CC1CNNC1c1ccc(OC)cc1F. The van der Waals surface area contributed by atoms with Crippen LogP contribution in [0.5, 0.6) is 5.75 Å². The van der Waals surface area contributed by atoms with E-state index in [1.807, 2.05) is 12.1 Å². The van der Waals surface area contributed by atoms with Crippen molar-refractivity contribution >= 4 is 0 Å². The standard InChI is InChI=1S/C18H28FN3O/c1-3-8-22(11-13-4-5-13)12-14-10-20-21-18(14)16-7-6-15(23-2)9-17(16)19/h6-7,9,13-14,18,20-21H,3-5,8,10-12H2,1-2H3. The molecule has 0 aromatic heterocycles. The summed E-state index contributed by atoms with van der Waals surface area (Å²) in [7, 11) is 1.56. The van der Waals surface area contributed by atoms with Gasteiger partial charge in [-0.2, -0.15) is 0 Å². The Morgan fingerprint density at radius 1 is 1.30 bits per heavy atom. The summed E-state index contributed by atoms with van der Waals surface area (Å²) in [6, 6.07) is 5.17. The molecule has 0 bridgehead atoms. The van der Waals surface area contributed by atoms with Crippen molar-refractivity contribution in [2.24, 2.45) is 11.8 Å². The number of benzene rings is 1. The maximum atomic E-state index is 14.4. The van der Waals surface area contributed by atoms with Crippen LogP contribution in [0, 0.1) is 17.7 Å². The second-order valence-corrected chi connectivity index (χ2v) is 6.85. The van der Waals surface area contributed by atoms with E-state index < -0.39 is 0 Å². The van der Waals surface area contributed by atoms with Gasteiger partial charge >= 0.3 is 0 Å². The maximum absolute atomic E-state index is 14.4. The second-order valence-electron chi connectivity index (χ2n) is 6.85. The van der Waals surface area contributed by atoms with E-state index in [9.17, 15) is 4.39 Å². The van der Waals surface area contributed by atoms with Crippen LogP contribution in [0.2, 0.25) is 0 Å². The van der Waals surface area contributed by atoms with Crippen LogP contribution in [0.4, 0.5) is 4.39 Å². The van der Waals surface area contributed by atoms with Gasteiger partial charge in [-0.05, 0) is 37.8 Å². The number of hydrazine groups is 1. The molecule has 4 nitrogen and oxygen atoms in total. The van der Waals surface area contributed by atoms with Crippen LogP contribution in [0.15, 0.2) is 18.2 Å². The van der Waals surface area contributed by atoms with Crippen LogP contribution in [0.25, 0.3) is 0 Å². The van der Waals surface area contributed by atoms with E-state index in [4.69, 9.17) is 4.74 Å². The van der Waals surface area contributed by atoms with E-state index in [0.29, 0.717) is 11.7 Å². The summed E-state index contributed by atoms with van der Waals surface area (Å²) < 4.78 is 19.5. The molecule has 0 spiro atoms. The first-order valence-electron chi connectivity index (χ1n) is 8.75. The zero-order valence-corrected chi connectivity index (χ0v) is 14.1. The lowest BCUT2D eigenvalue weighted by Crippen LogP contribution is -2.35. The van der Waals surface area contributed by atoms with Crippen LogP contribution >= 0.6 is 0 Å². The summed E-state index contributed by atoms with van der Waals surface area (Å²) in [6.45, 7) is 6.44. The molecule has 1 aliphatic carbocycles. The first-order chi connectivity index (χ1) is 11.2. The van der Waals surface area contributed by atoms with Gasteiger partial charge in [-0.15, -0.1) is 0 Å². The van der Waals surface area contributed by atoms with Gasteiger partial charge in [-0.1, -0.05) is 13.0 Å². The average Bonchev–Trinajstić information content (AvgIpc) is 3.24. The lowest BCUT2D eigenvalue weighted by molar-refractivity contribution is 0.217. The molecule has 23 heavy (non-hydrogen) atoms. The molecule has 1 saturated carbocycles. The smallest absolute Gasteiger partial charge is 0.131 e. The molecule has 1 aromatic rings. The molecule has 5 heteroatoms. The van der Waals surface area contributed by atoms with Gasteiger partial charge in [-0.25, -0.2) is 9.82 Å². The van der Waals surface area contributed by atoms with Crippen molar-refractivity contribution in [1.82, 2.24) is 15.8 Å². The van der Waals surface area contributed by atoms with E-state index in [2.05, 4.69) is 22.7 Å². The average molecular weight is 321 g/mol. The highest BCUT2D eigenvalue weighted by atomic mass is 19.1. The molecule has 1 aliphatic heterocycles. The third-order valence-corrected chi connectivity index (χ3v) is 4.88. The van der Waals surface area contributed by atoms with Gasteiger partial charge < -0.3 is 9.64 Å². The van der Waals surface area contributed by atoms with Crippen molar-refractivity contribution in [3.05, 3.63) is 29.6 Å². The van der Waals surface area contributed by atoms with Crippen LogP contribution in [0.3, 0.4) is 0 Å². The van der Waals surface area contributed by atoms with E-state index in [1.165, 1.54) is 31.9 Å². The molecule has 2 aliphatic rings. The molecule has 1 saturated heterocycles. The zero-order chi connectivity index (χ0) is 16.2. The minimum Gasteiger partial charge on any atom is -0.497 e. The summed E-state index contributed by atoms with van der Waals surface area (Å²) in [5.74, 6) is 1.64. The van der Waals surface area contributed by atoms with Crippen molar-refractivity contribution < 1.29 is 9.13 Å². The molecular weight excluding hydrogens is 293 g/mol.